The molecule has 0 bridgehead atoms. The number of carbonyl (C=O) groups excluding carboxylic acids is 1. The van der Waals surface area contributed by atoms with E-state index in [0.29, 0.717) is 16.9 Å². The number of fused-ring (bicyclic) bond motifs is 1. The van der Waals surface area contributed by atoms with Crippen molar-refractivity contribution in [1.29, 1.82) is 0 Å². The van der Waals surface area contributed by atoms with Gasteiger partial charge in [0, 0.05) is 11.4 Å². The van der Waals surface area contributed by atoms with Crippen molar-refractivity contribution in [2.75, 3.05) is 10.2 Å². The molecule has 124 valence electrons. The van der Waals surface area contributed by atoms with Crippen LogP contribution in [0, 0.1) is 11.6 Å². The van der Waals surface area contributed by atoms with E-state index in [-0.39, 0.29) is 17.5 Å². The Labute approximate surface area is 143 Å². The van der Waals surface area contributed by atoms with Gasteiger partial charge in [-0.25, -0.2) is 8.78 Å². The predicted octanol–water partition coefficient (Wildman–Crippen LogP) is 4.74. The van der Waals surface area contributed by atoms with Crippen molar-refractivity contribution in [2.24, 2.45) is 0 Å². The second-order valence-corrected chi connectivity index (χ2v) is 5.80. The van der Waals surface area contributed by atoms with Gasteiger partial charge in [-0.1, -0.05) is 24.3 Å². The molecule has 3 aromatic rings. The maximum Gasteiger partial charge on any atom is 0.262 e. The summed E-state index contributed by atoms with van der Waals surface area (Å²) in [6.07, 6.45) is -0.520. The third kappa shape index (κ3) is 2.74. The van der Waals surface area contributed by atoms with E-state index in [1.807, 2.05) is 12.1 Å². The number of halogens is 2. The van der Waals surface area contributed by atoms with E-state index in [4.69, 9.17) is 0 Å². The van der Waals surface area contributed by atoms with Crippen LogP contribution < -0.4 is 10.2 Å². The average molecular weight is 336 g/mol. The first-order valence-corrected chi connectivity index (χ1v) is 7.83. The van der Waals surface area contributed by atoms with Gasteiger partial charge in [0.2, 0.25) is 0 Å². The smallest absolute Gasteiger partial charge is 0.262 e. The average Bonchev–Trinajstić information content (AvgIpc) is 2.63. The third-order valence-corrected chi connectivity index (χ3v) is 4.22. The van der Waals surface area contributed by atoms with Gasteiger partial charge >= 0.3 is 0 Å². The fraction of sp³-hybridized carbons (Fsp3) is 0.0500. The van der Waals surface area contributed by atoms with Gasteiger partial charge in [0.25, 0.3) is 5.91 Å². The summed E-state index contributed by atoms with van der Waals surface area (Å²) in [4.78, 5) is 14.6. The topological polar surface area (TPSA) is 32.3 Å². The summed E-state index contributed by atoms with van der Waals surface area (Å²) < 4.78 is 26.6. The molecule has 3 nitrogen and oxygen atoms in total. The number of hydrogen-bond donors (Lipinski definition) is 1. The largest absolute Gasteiger partial charge is 0.360 e. The van der Waals surface area contributed by atoms with E-state index < -0.39 is 6.17 Å². The normalized spacial score (nSPS) is 16.3. The van der Waals surface area contributed by atoms with E-state index in [0.717, 1.165) is 5.56 Å². The minimum Gasteiger partial charge on any atom is -0.360 e. The highest BCUT2D eigenvalue weighted by Gasteiger charge is 2.33. The number of para-hydroxylation sites is 1. The summed E-state index contributed by atoms with van der Waals surface area (Å²) in [5.41, 5.74) is 2.53. The highest BCUT2D eigenvalue weighted by Crippen LogP contribution is 2.36. The first-order valence-electron chi connectivity index (χ1n) is 7.83. The van der Waals surface area contributed by atoms with Gasteiger partial charge < -0.3 is 5.32 Å². The Bertz CT molecular complexity index is 923. The Morgan fingerprint density at radius 2 is 1.40 bits per heavy atom. The first kappa shape index (κ1) is 15.3. The highest BCUT2D eigenvalue weighted by atomic mass is 19.1. The van der Waals surface area contributed by atoms with Crippen molar-refractivity contribution in [3.05, 3.63) is 95.6 Å². The zero-order valence-electron chi connectivity index (χ0n) is 13.1. The van der Waals surface area contributed by atoms with Crippen molar-refractivity contribution in [2.45, 2.75) is 6.17 Å². The minimum absolute atomic E-state index is 0.199. The fourth-order valence-corrected chi connectivity index (χ4v) is 3.00. The van der Waals surface area contributed by atoms with Gasteiger partial charge in [-0.15, -0.1) is 0 Å². The molecule has 0 spiro atoms. The quantitative estimate of drug-likeness (QED) is 0.733. The van der Waals surface area contributed by atoms with E-state index in [1.165, 1.54) is 24.3 Å². The van der Waals surface area contributed by atoms with E-state index in [1.54, 1.807) is 41.3 Å². The van der Waals surface area contributed by atoms with Crippen molar-refractivity contribution in [3.8, 4) is 0 Å². The van der Waals surface area contributed by atoms with E-state index >= 15 is 0 Å². The summed E-state index contributed by atoms with van der Waals surface area (Å²) in [6, 6.07) is 18.9. The molecule has 0 aliphatic carbocycles. The van der Waals surface area contributed by atoms with E-state index in [2.05, 4.69) is 5.32 Å². The third-order valence-electron chi connectivity index (χ3n) is 4.22. The van der Waals surface area contributed by atoms with Crippen molar-refractivity contribution >= 4 is 17.3 Å². The summed E-state index contributed by atoms with van der Waals surface area (Å²) in [7, 11) is 0. The molecule has 4 rings (SSSR count). The first-order chi connectivity index (χ1) is 12.1. The Morgan fingerprint density at radius 1 is 0.800 bits per heavy atom. The SMILES string of the molecule is O=C1c2ccccc2N[C@H](c2ccc(F)cc2)N1c1ccc(F)cc1. The zero-order chi connectivity index (χ0) is 17.4. The molecule has 0 saturated heterocycles. The highest BCUT2D eigenvalue weighted by molar-refractivity contribution is 6.12. The number of nitrogens with zero attached hydrogens (tertiary/aromatic N) is 1. The summed E-state index contributed by atoms with van der Waals surface area (Å²) >= 11 is 0. The zero-order valence-corrected chi connectivity index (χ0v) is 13.1. The number of benzene rings is 3. The maximum atomic E-state index is 13.3. The predicted molar refractivity (Wildman–Crippen MR) is 92.4 cm³/mol. The Morgan fingerprint density at radius 3 is 2.08 bits per heavy atom. The second kappa shape index (κ2) is 6.02. The van der Waals surface area contributed by atoms with Gasteiger partial charge in [0.05, 0.1) is 5.56 Å². The van der Waals surface area contributed by atoms with Crippen LogP contribution in [0.2, 0.25) is 0 Å². The van der Waals surface area contributed by atoms with Gasteiger partial charge in [-0.3, -0.25) is 9.69 Å². The maximum absolute atomic E-state index is 13.3. The standard InChI is InChI=1S/C20H14F2N2O/c21-14-7-5-13(6-8-14)19-23-18-4-2-1-3-17(18)20(25)24(19)16-11-9-15(22)10-12-16/h1-12,19,23H/t19-/m0/s1. The number of nitrogens with one attached hydrogen (secondary N) is 1. The molecule has 1 atom stereocenters. The van der Waals surface area contributed by atoms with Crippen LogP contribution in [0.15, 0.2) is 72.8 Å². The molecule has 1 amide bonds. The molecular weight excluding hydrogens is 322 g/mol. The molecule has 3 aromatic carbocycles. The van der Waals surface area contributed by atoms with Crippen LogP contribution in [0.3, 0.4) is 0 Å². The Kier molecular flexibility index (Phi) is 3.69. The molecule has 1 aliphatic heterocycles. The lowest BCUT2D eigenvalue weighted by molar-refractivity contribution is 0.0975. The fourth-order valence-electron chi connectivity index (χ4n) is 3.00. The van der Waals surface area contributed by atoms with Crippen LogP contribution in [0.25, 0.3) is 0 Å². The van der Waals surface area contributed by atoms with Crippen molar-refractivity contribution in [3.63, 3.8) is 0 Å². The molecule has 25 heavy (non-hydrogen) atoms. The number of carbonyl (C=O) groups is 1. The molecule has 1 N–H and O–H groups in total. The number of amides is 1. The van der Waals surface area contributed by atoms with E-state index in [9.17, 15) is 13.6 Å². The summed E-state index contributed by atoms with van der Waals surface area (Å²) in [6.45, 7) is 0. The van der Waals surface area contributed by atoms with Crippen LogP contribution in [0.4, 0.5) is 20.2 Å². The molecule has 0 aromatic heterocycles. The Hall–Kier alpha value is -3.21. The number of anilines is 2. The summed E-state index contributed by atoms with van der Waals surface area (Å²) in [5, 5.41) is 3.32. The van der Waals surface area contributed by atoms with Crippen LogP contribution in [0.5, 0.6) is 0 Å². The molecule has 5 heteroatoms. The van der Waals surface area contributed by atoms with Crippen molar-refractivity contribution < 1.29 is 13.6 Å². The number of hydrogen-bond acceptors (Lipinski definition) is 2. The second-order valence-electron chi connectivity index (χ2n) is 5.80. The van der Waals surface area contributed by atoms with Gasteiger partial charge in [-0.05, 0) is 54.1 Å². The Balaban J connectivity index is 1.85. The molecule has 0 fully saturated rings. The molecule has 1 heterocycles. The minimum atomic E-state index is -0.520. The molecule has 1 aliphatic rings. The van der Waals surface area contributed by atoms with Crippen molar-refractivity contribution in [1.82, 2.24) is 0 Å². The van der Waals surface area contributed by atoms with Crippen LogP contribution in [-0.4, -0.2) is 5.91 Å². The monoisotopic (exact) mass is 336 g/mol. The lowest BCUT2D eigenvalue weighted by atomic mass is 10.0. The molecule has 0 unspecified atom stereocenters. The number of rotatable bonds is 2. The van der Waals surface area contributed by atoms with Crippen LogP contribution in [-0.2, 0) is 0 Å². The molecule has 0 saturated carbocycles. The lowest BCUT2D eigenvalue weighted by Gasteiger charge is -2.38. The van der Waals surface area contributed by atoms with Crippen LogP contribution >= 0.6 is 0 Å². The van der Waals surface area contributed by atoms with Crippen LogP contribution in [0.1, 0.15) is 22.1 Å². The molecule has 0 radical (unpaired) electrons. The summed E-state index contributed by atoms with van der Waals surface area (Å²) in [5.74, 6) is -0.921. The van der Waals surface area contributed by atoms with Gasteiger partial charge in [0.15, 0.2) is 0 Å². The van der Waals surface area contributed by atoms with Gasteiger partial charge in [-0.2, -0.15) is 0 Å². The van der Waals surface area contributed by atoms with Gasteiger partial charge in [0.1, 0.15) is 17.8 Å². The lowest BCUT2D eigenvalue weighted by Crippen LogP contribution is -2.43. The molecular formula is C20H14F2N2O.